The molecule has 1 fully saturated rings. The van der Waals surface area contributed by atoms with Gasteiger partial charge >= 0.3 is 0 Å². The Kier molecular flexibility index (Phi) is 5.55. The number of rotatable bonds is 6. The van der Waals surface area contributed by atoms with Gasteiger partial charge in [0.25, 0.3) is 5.91 Å². The summed E-state index contributed by atoms with van der Waals surface area (Å²) in [6.45, 7) is 2.04. The molecule has 0 N–H and O–H groups in total. The monoisotopic (exact) mass is 304 g/mol. The summed E-state index contributed by atoms with van der Waals surface area (Å²) < 4.78 is 5.03. The van der Waals surface area contributed by atoms with Gasteiger partial charge in [-0.25, -0.2) is 0 Å². The van der Waals surface area contributed by atoms with Crippen molar-refractivity contribution in [2.45, 2.75) is 12.8 Å². The minimum absolute atomic E-state index is 0.00772. The van der Waals surface area contributed by atoms with Gasteiger partial charge in [0.1, 0.15) is 0 Å². The fraction of sp³-hybridized carbons (Fsp3) is 0.529. The van der Waals surface area contributed by atoms with Crippen LogP contribution in [0.3, 0.4) is 0 Å². The SMILES string of the molecule is COCCN1C[C@H](Cc2ccc(C(=O)N(C)C)cc2)CC1=O. The maximum absolute atomic E-state index is 11.9. The molecule has 1 aromatic rings. The van der Waals surface area contributed by atoms with E-state index in [2.05, 4.69) is 0 Å². The summed E-state index contributed by atoms with van der Waals surface area (Å²) in [7, 11) is 5.14. The van der Waals surface area contributed by atoms with Crippen LogP contribution < -0.4 is 0 Å². The molecular weight excluding hydrogens is 280 g/mol. The van der Waals surface area contributed by atoms with Gasteiger partial charge in [-0.2, -0.15) is 0 Å². The van der Waals surface area contributed by atoms with Crippen molar-refractivity contribution in [2.24, 2.45) is 5.92 Å². The highest BCUT2D eigenvalue weighted by molar-refractivity contribution is 5.93. The molecule has 5 heteroatoms. The maximum atomic E-state index is 11.9. The standard InChI is InChI=1S/C17H24N2O3/c1-18(2)17(21)15-6-4-13(5-7-15)10-14-11-16(20)19(12-14)8-9-22-3/h4-7,14H,8-12H2,1-3H3/t14-/m1/s1. The lowest BCUT2D eigenvalue weighted by atomic mass is 9.97. The van der Waals surface area contributed by atoms with Crippen LogP contribution in [-0.4, -0.2) is 62.5 Å². The molecule has 5 nitrogen and oxygen atoms in total. The average Bonchev–Trinajstić information content (AvgIpc) is 2.84. The number of carbonyl (C=O) groups excluding carboxylic acids is 2. The number of ether oxygens (including phenoxy) is 1. The van der Waals surface area contributed by atoms with E-state index in [0.717, 1.165) is 13.0 Å². The summed E-state index contributed by atoms with van der Waals surface area (Å²) in [5.41, 5.74) is 1.86. The van der Waals surface area contributed by atoms with E-state index in [-0.39, 0.29) is 11.8 Å². The molecular formula is C17H24N2O3. The van der Waals surface area contributed by atoms with Crippen LogP contribution in [0.5, 0.6) is 0 Å². The van der Waals surface area contributed by atoms with E-state index in [1.54, 1.807) is 26.1 Å². The molecule has 0 saturated carbocycles. The second kappa shape index (κ2) is 7.40. The first-order valence-electron chi connectivity index (χ1n) is 7.58. The first-order valence-corrected chi connectivity index (χ1v) is 7.58. The summed E-state index contributed by atoms with van der Waals surface area (Å²) in [4.78, 5) is 27.2. The summed E-state index contributed by atoms with van der Waals surface area (Å²) in [6, 6.07) is 7.69. The van der Waals surface area contributed by atoms with Crippen LogP contribution in [0.4, 0.5) is 0 Å². The van der Waals surface area contributed by atoms with Gasteiger partial charge in [-0.05, 0) is 30.0 Å². The van der Waals surface area contributed by atoms with Crippen molar-refractivity contribution in [3.63, 3.8) is 0 Å². The van der Waals surface area contributed by atoms with Gasteiger partial charge < -0.3 is 14.5 Å². The third kappa shape index (κ3) is 4.07. The number of methoxy groups -OCH3 is 1. The molecule has 22 heavy (non-hydrogen) atoms. The van der Waals surface area contributed by atoms with E-state index in [9.17, 15) is 9.59 Å². The molecule has 1 heterocycles. The van der Waals surface area contributed by atoms with E-state index in [1.807, 2.05) is 29.2 Å². The van der Waals surface area contributed by atoms with Crippen LogP contribution in [0.1, 0.15) is 22.3 Å². The summed E-state index contributed by atoms with van der Waals surface area (Å²) in [5.74, 6) is 0.564. The van der Waals surface area contributed by atoms with E-state index in [4.69, 9.17) is 4.74 Å². The maximum Gasteiger partial charge on any atom is 0.253 e. The van der Waals surface area contributed by atoms with Crippen LogP contribution in [0, 0.1) is 5.92 Å². The number of likely N-dealkylation sites (tertiary alicyclic amines) is 1. The van der Waals surface area contributed by atoms with Crippen LogP contribution in [-0.2, 0) is 16.0 Å². The zero-order valence-electron chi connectivity index (χ0n) is 13.5. The van der Waals surface area contributed by atoms with Crippen LogP contribution in [0.15, 0.2) is 24.3 Å². The Morgan fingerprint density at radius 1 is 1.32 bits per heavy atom. The minimum Gasteiger partial charge on any atom is -0.383 e. The van der Waals surface area contributed by atoms with Crippen molar-refractivity contribution in [2.75, 3.05) is 40.9 Å². The normalized spacial score (nSPS) is 17.9. The van der Waals surface area contributed by atoms with Crippen molar-refractivity contribution in [3.8, 4) is 0 Å². The van der Waals surface area contributed by atoms with Gasteiger partial charge in [0.2, 0.25) is 5.91 Å². The van der Waals surface area contributed by atoms with Gasteiger partial charge in [-0.15, -0.1) is 0 Å². The topological polar surface area (TPSA) is 49.9 Å². The fourth-order valence-electron chi connectivity index (χ4n) is 2.78. The zero-order valence-corrected chi connectivity index (χ0v) is 13.5. The molecule has 1 saturated heterocycles. The number of carbonyl (C=O) groups is 2. The van der Waals surface area contributed by atoms with Gasteiger partial charge in [0.15, 0.2) is 0 Å². The van der Waals surface area contributed by atoms with Crippen molar-refractivity contribution in [1.29, 1.82) is 0 Å². The Balaban J connectivity index is 1.92. The molecule has 0 aliphatic carbocycles. The Bertz CT molecular complexity index is 525. The molecule has 1 atom stereocenters. The quantitative estimate of drug-likeness (QED) is 0.799. The Hall–Kier alpha value is -1.88. The lowest BCUT2D eigenvalue weighted by molar-refractivity contribution is -0.128. The highest BCUT2D eigenvalue weighted by Crippen LogP contribution is 2.22. The lowest BCUT2D eigenvalue weighted by Gasteiger charge is -2.16. The number of benzene rings is 1. The second-order valence-electron chi connectivity index (χ2n) is 6.00. The van der Waals surface area contributed by atoms with Crippen LogP contribution >= 0.6 is 0 Å². The van der Waals surface area contributed by atoms with E-state index in [0.29, 0.717) is 31.1 Å². The summed E-state index contributed by atoms with van der Waals surface area (Å²) in [5, 5.41) is 0. The number of hydrogen-bond donors (Lipinski definition) is 0. The fourth-order valence-corrected chi connectivity index (χ4v) is 2.78. The molecule has 1 aliphatic heterocycles. The zero-order chi connectivity index (χ0) is 16.1. The largest absolute Gasteiger partial charge is 0.383 e. The van der Waals surface area contributed by atoms with Crippen molar-refractivity contribution in [3.05, 3.63) is 35.4 Å². The van der Waals surface area contributed by atoms with Crippen molar-refractivity contribution < 1.29 is 14.3 Å². The molecule has 0 bridgehead atoms. The first kappa shape index (κ1) is 16.5. The number of amides is 2. The van der Waals surface area contributed by atoms with E-state index < -0.39 is 0 Å². The predicted octanol–water partition coefficient (Wildman–Crippen LogP) is 1.43. The third-order valence-electron chi connectivity index (χ3n) is 3.99. The minimum atomic E-state index is 0.00772. The number of hydrogen-bond acceptors (Lipinski definition) is 3. The van der Waals surface area contributed by atoms with Crippen molar-refractivity contribution >= 4 is 11.8 Å². The summed E-state index contributed by atoms with van der Waals surface area (Å²) >= 11 is 0. The average molecular weight is 304 g/mol. The van der Waals surface area contributed by atoms with Gasteiger partial charge in [-0.1, -0.05) is 12.1 Å². The smallest absolute Gasteiger partial charge is 0.253 e. The first-order chi connectivity index (χ1) is 10.5. The molecule has 0 aromatic heterocycles. The van der Waals surface area contributed by atoms with Gasteiger partial charge in [-0.3, -0.25) is 9.59 Å². The Morgan fingerprint density at radius 3 is 2.59 bits per heavy atom. The van der Waals surface area contributed by atoms with Gasteiger partial charge in [0, 0.05) is 46.3 Å². The molecule has 0 unspecified atom stereocenters. The molecule has 2 amide bonds. The Labute approximate surface area is 131 Å². The highest BCUT2D eigenvalue weighted by Gasteiger charge is 2.29. The molecule has 1 aliphatic rings. The third-order valence-corrected chi connectivity index (χ3v) is 3.99. The molecule has 120 valence electrons. The molecule has 0 spiro atoms. The lowest BCUT2D eigenvalue weighted by Crippen LogP contribution is -2.28. The second-order valence-corrected chi connectivity index (χ2v) is 6.00. The van der Waals surface area contributed by atoms with Crippen molar-refractivity contribution in [1.82, 2.24) is 9.80 Å². The molecule has 1 aromatic carbocycles. The molecule has 2 rings (SSSR count). The Morgan fingerprint density at radius 2 is 2.00 bits per heavy atom. The van der Waals surface area contributed by atoms with Crippen LogP contribution in [0.25, 0.3) is 0 Å². The van der Waals surface area contributed by atoms with E-state index >= 15 is 0 Å². The summed E-state index contributed by atoms with van der Waals surface area (Å²) in [6.07, 6.45) is 1.47. The van der Waals surface area contributed by atoms with Gasteiger partial charge in [0.05, 0.1) is 6.61 Å². The molecule has 0 radical (unpaired) electrons. The van der Waals surface area contributed by atoms with E-state index in [1.165, 1.54) is 5.56 Å². The number of nitrogens with zero attached hydrogens (tertiary/aromatic N) is 2. The highest BCUT2D eigenvalue weighted by atomic mass is 16.5. The predicted molar refractivity (Wildman–Crippen MR) is 84.7 cm³/mol. The van der Waals surface area contributed by atoms with Crippen LogP contribution in [0.2, 0.25) is 0 Å².